The lowest BCUT2D eigenvalue weighted by molar-refractivity contribution is 0.0817. The quantitative estimate of drug-likeness (QED) is 0.805. The van der Waals surface area contributed by atoms with Crippen LogP contribution in [0.4, 0.5) is 0 Å². The minimum absolute atomic E-state index is 0.0906. The highest BCUT2D eigenvalue weighted by Gasteiger charge is 2.34. The molecule has 0 aliphatic carbocycles. The molecule has 0 radical (unpaired) electrons. The minimum Gasteiger partial charge on any atom is -0.312 e. The molecule has 2 bridgehead atoms. The number of halogens is 1. The van der Waals surface area contributed by atoms with Crippen molar-refractivity contribution < 1.29 is 4.79 Å². The summed E-state index contributed by atoms with van der Waals surface area (Å²) in [6.45, 7) is 2.89. The van der Waals surface area contributed by atoms with E-state index in [4.69, 9.17) is 11.6 Å². The highest BCUT2D eigenvalue weighted by atomic mass is 35.5. The van der Waals surface area contributed by atoms with Crippen molar-refractivity contribution in [2.75, 3.05) is 19.6 Å². The first kappa shape index (κ1) is 15.6. The van der Waals surface area contributed by atoms with E-state index in [1.165, 1.54) is 0 Å². The number of hydrogen-bond acceptors (Lipinski definition) is 3. The maximum absolute atomic E-state index is 12.5. The molecule has 0 spiro atoms. The highest BCUT2D eigenvalue weighted by Crippen LogP contribution is 2.34. The van der Waals surface area contributed by atoms with Gasteiger partial charge in [-0.1, -0.05) is 17.7 Å². The zero-order chi connectivity index (χ0) is 16.7. The molecule has 2 atom stereocenters. The van der Waals surface area contributed by atoms with Crippen LogP contribution in [0.3, 0.4) is 0 Å². The fourth-order valence-corrected chi connectivity index (χ4v) is 4.18. The van der Waals surface area contributed by atoms with Gasteiger partial charge in [0.05, 0.1) is 6.54 Å². The highest BCUT2D eigenvalue weighted by molar-refractivity contribution is 6.30. The average Bonchev–Trinajstić information content (AvgIpc) is 2.56. The van der Waals surface area contributed by atoms with Crippen LogP contribution in [0, 0.1) is 5.92 Å². The number of piperidine rings is 1. The Hall–Kier alpha value is -1.91. The van der Waals surface area contributed by atoms with Crippen molar-refractivity contribution in [3.05, 3.63) is 69.1 Å². The molecule has 1 aromatic heterocycles. The number of carbonyl (C=O) groups excluding carboxylic acids is 1. The van der Waals surface area contributed by atoms with Gasteiger partial charge in [0.1, 0.15) is 0 Å². The Morgan fingerprint density at radius 1 is 1.08 bits per heavy atom. The molecule has 3 heterocycles. The van der Waals surface area contributed by atoms with Gasteiger partial charge in [-0.2, -0.15) is 0 Å². The number of carbonyl (C=O) groups is 1. The molecule has 1 aromatic carbocycles. The van der Waals surface area contributed by atoms with Gasteiger partial charge in [0.25, 0.3) is 5.56 Å². The van der Waals surface area contributed by atoms with Gasteiger partial charge in [-0.3, -0.25) is 14.5 Å². The van der Waals surface area contributed by atoms with Crippen LogP contribution in [-0.2, 0) is 6.54 Å². The van der Waals surface area contributed by atoms with Gasteiger partial charge in [0, 0.05) is 47.9 Å². The molecule has 2 aliphatic heterocycles. The summed E-state index contributed by atoms with van der Waals surface area (Å²) in [7, 11) is 0. The average molecular weight is 343 g/mol. The van der Waals surface area contributed by atoms with E-state index in [-0.39, 0.29) is 11.3 Å². The molecule has 1 saturated heterocycles. The number of Topliss-reactive ketones (excluding diaryl/α,β-unsaturated/α-hetero) is 1. The Balaban J connectivity index is 1.51. The zero-order valence-electron chi connectivity index (χ0n) is 13.3. The first-order valence-corrected chi connectivity index (χ1v) is 8.69. The van der Waals surface area contributed by atoms with Crippen molar-refractivity contribution in [3.63, 3.8) is 0 Å². The van der Waals surface area contributed by atoms with Crippen molar-refractivity contribution in [1.82, 2.24) is 9.47 Å². The van der Waals surface area contributed by atoms with Crippen molar-refractivity contribution in [2.45, 2.75) is 18.9 Å². The van der Waals surface area contributed by atoms with Gasteiger partial charge in [-0.15, -0.1) is 0 Å². The lowest BCUT2D eigenvalue weighted by atomic mass is 9.83. The van der Waals surface area contributed by atoms with Crippen molar-refractivity contribution in [2.24, 2.45) is 5.92 Å². The van der Waals surface area contributed by atoms with E-state index in [0.717, 1.165) is 31.7 Å². The fraction of sp³-hybridized carbons (Fsp3) is 0.368. The molecule has 4 nitrogen and oxygen atoms in total. The first-order chi connectivity index (χ1) is 11.6. The largest absolute Gasteiger partial charge is 0.312 e. The Morgan fingerprint density at radius 2 is 1.88 bits per heavy atom. The second kappa shape index (κ2) is 6.19. The minimum atomic E-state index is 0.0906. The number of benzene rings is 1. The zero-order valence-corrected chi connectivity index (χ0v) is 14.1. The topological polar surface area (TPSA) is 42.3 Å². The number of nitrogens with zero attached hydrogens (tertiary/aromatic N) is 2. The summed E-state index contributed by atoms with van der Waals surface area (Å²) in [6.07, 6.45) is 1.11. The van der Waals surface area contributed by atoms with Crippen LogP contribution in [0.1, 0.15) is 28.4 Å². The van der Waals surface area contributed by atoms with Crippen LogP contribution in [0.25, 0.3) is 0 Å². The summed E-state index contributed by atoms with van der Waals surface area (Å²) in [5, 5.41) is 0.640. The van der Waals surface area contributed by atoms with Gasteiger partial charge in [-0.05, 0) is 42.7 Å². The second-order valence-electron chi connectivity index (χ2n) is 6.82. The molecule has 0 N–H and O–H groups in total. The summed E-state index contributed by atoms with van der Waals surface area (Å²) in [5.74, 6) is 0.899. The molecule has 0 saturated carbocycles. The molecule has 4 rings (SSSR count). The van der Waals surface area contributed by atoms with Gasteiger partial charge in [-0.25, -0.2) is 0 Å². The van der Waals surface area contributed by atoms with Crippen molar-refractivity contribution in [3.8, 4) is 0 Å². The predicted octanol–water partition coefficient (Wildman–Crippen LogP) is 2.80. The Bertz CT molecular complexity index is 828. The summed E-state index contributed by atoms with van der Waals surface area (Å²) in [4.78, 5) is 26.8. The fourth-order valence-electron chi connectivity index (χ4n) is 4.05. The monoisotopic (exact) mass is 342 g/mol. The molecule has 2 aliphatic rings. The molecule has 5 heteroatoms. The van der Waals surface area contributed by atoms with E-state index < -0.39 is 0 Å². The Kier molecular flexibility index (Phi) is 4.02. The van der Waals surface area contributed by atoms with Crippen molar-refractivity contribution >= 4 is 17.4 Å². The normalized spacial score (nSPS) is 22.9. The van der Waals surface area contributed by atoms with Crippen LogP contribution in [0.2, 0.25) is 5.02 Å². The number of pyridine rings is 1. The summed E-state index contributed by atoms with van der Waals surface area (Å²) in [6, 6.07) is 12.6. The van der Waals surface area contributed by atoms with Crippen molar-refractivity contribution in [1.29, 1.82) is 0 Å². The lowest BCUT2D eigenvalue weighted by Crippen LogP contribution is -2.48. The third-order valence-electron chi connectivity index (χ3n) is 5.09. The maximum Gasteiger partial charge on any atom is 0.250 e. The molecule has 2 aromatic rings. The predicted molar refractivity (Wildman–Crippen MR) is 93.8 cm³/mol. The number of rotatable bonds is 3. The second-order valence-corrected chi connectivity index (χ2v) is 7.26. The van der Waals surface area contributed by atoms with Crippen LogP contribution < -0.4 is 5.56 Å². The molecule has 0 unspecified atom stereocenters. The number of fused-ring (bicyclic) bond motifs is 4. The van der Waals surface area contributed by atoms with Crippen LogP contribution in [0.5, 0.6) is 0 Å². The third-order valence-corrected chi connectivity index (χ3v) is 5.34. The van der Waals surface area contributed by atoms with Gasteiger partial charge in [0.15, 0.2) is 5.78 Å². The maximum atomic E-state index is 12.5. The number of hydrogen-bond donors (Lipinski definition) is 0. The summed E-state index contributed by atoms with van der Waals surface area (Å²) >= 11 is 5.88. The molecule has 124 valence electrons. The molecular weight excluding hydrogens is 324 g/mol. The number of ketones is 1. The lowest BCUT2D eigenvalue weighted by Gasteiger charge is -2.42. The van der Waals surface area contributed by atoms with E-state index in [9.17, 15) is 9.59 Å². The molecule has 24 heavy (non-hydrogen) atoms. The summed E-state index contributed by atoms with van der Waals surface area (Å²) < 4.78 is 1.91. The SMILES string of the molecule is O=C(CN1C[C@@H]2C[C@H](C1)c1cccc(=O)n1C2)c1ccc(Cl)cc1. The van der Waals surface area contributed by atoms with Crippen LogP contribution in [0.15, 0.2) is 47.3 Å². The summed E-state index contributed by atoms with van der Waals surface area (Å²) in [5.41, 5.74) is 1.90. The number of likely N-dealkylation sites (tertiary alicyclic amines) is 1. The number of aromatic nitrogens is 1. The molecule has 0 amide bonds. The van der Waals surface area contributed by atoms with Gasteiger partial charge < -0.3 is 4.57 Å². The van der Waals surface area contributed by atoms with Gasteiger partial charge in [0.2, 0.25) is 0 Å². The van der Waals surface area contributed by atoms with Gasteiger partial charge >= 0.3 is 0 Å². The van der Waals surface area contributed by atoms with E-state index in [2.05, 4.69) is 4.90 Å². The van der Waals surface area contributed by atoms with E-state index in [1.54, 1.807) is 30.3 Å². The Labute approximate surface area is 145 Å². The van der Waals surface area contributed by atoms with Crippen LogP contribution >= 0.6 is 11.6 Å². The third kappa shape index (κ3) is 2.92. The molecular formula is C19H19ClN2O2. The molecule has 1 fully saturated rings. The van der Waals surface area contributed by atoms with E-state index in [0.29, 0.717) is 29.0 Å². The Morgan fingerprint density at radius 3 is 2.67 bits per heavy atom. The standard InChI is InChI=1S/C19H19ClN2O2/c20-16-6-4-14(5-7-16)18(23)12-21-9-13-8-15(11-21)17-2-1-3-19(24)22(17)10-13/h1-7,13,15H,8-12H2/t13-,15+/m0/s1. The smallest absolute Gasteiger partial charge is 0.250 e. The van der Waals surface area contributed by atoms with E-state index >= 15 is 0 Å². The van der Waals surface area contributed by atoms with Crippen LogP contribution in [-0.4, -0.2) is 34.9 Å². The first-order valence-electron chi connectivity index (χ1n) is 8.31. The van der Waals surface area contributed by atoms with E-state index in [1.807, 2.05) is 16.7 Å².